The molecule has 1 aromatic carbocycles. The lowest BCUT2D eigenvalue weighted by Crippen LogP contribution is -2.33. The molecule has 4 heteroatoms. The van der Waals surface area contributed by atoms with Crippen molar-refractivity contribution in [1.82, 2.24) is 20.0 Å². The predicted molar refractivity (Wildman–Crippen MR) is 81.0 cm³/mol. The van der Waals surface area contributed by atoms with Crippen LogP contribution >= 0.6 is 0 Å². The molecular weight excluding hydrogens is 248 g/mol. The molecule has 4 nitrogen and oxygen atoms in total. The number of nitrogens with one attached hydrogen (secondary N) is 1. The molecule has 20 heavy (non-hydrogen) atoms. The van der Waals surface area contributed by atoms with E-state index in [0.717, 1.165) is 19.6 Å². The molecule has 106 valence electrons. The molecule has 1 fully saturated rings. The van der Waals surface area contributed by atoms with Crippen molar-refractivity contribution in [2.75, 3.05) is 20.1 Å². The molecule has 0 radical (unpaired) electrons. The fourth-order valence-corrected chi connectivity index (χ4v) is 2.87. The van der Waals surface area contributed by atoms with Crippen LogP contribution in [0.15, 0.2) is 36.5 Å². The third-order valence-electron chi connectivity index (χ3n) is 4.13. The van der Waals surface area contributed by atoms with Gasteiger partial charge in [-0.05, 0) is 44.6 Å². The molecule has 2 aromatic rings. The molecule has 0 saturated carbocycles. The van der Waals surface area contributed by atoms with Crippen molar-refractivity contribution in [2.45, 2.75) is 25.9 Å². The van der Waals surface area contributed by atoms with Gasteiger partial charge in [0.25, 0.3) is 0 Å². The van der Waals surface area contributed by atoms with Crippen molar-refractivity contribution in [2.24, 2.45) is 0 Å². The van der Waals surface area contributed by atoms with Crippen LogP contribution in [0.3, 0.4) is 0 Å². The van der Waals surface area contributed by atoms with E-state index in [1.54, 1.807) is 0 Å². The van der Waals surface area contributed by atoms with Crippen LogP contribution < -0.4 is 5.32 Å². The summed E-state index contributed by atoms with van der Waals surface area (Å²) in [7, 11) is 2.20. The van der Waals surface area contributed by atoms with E-state index >= 15 is 0 Å². The van der Waals surface area contributed by atoms with Crippen LogP contribution in [-0.4, -0.2) is 40.9 Å². The van der Waals surface area contributed by atoms with Gasteiger partial charge in [0.2, 0.25) is 0 Å². The monoisotopic (exact) mass is 270 g/mol. The van der Waals surface area contributed by atoms with E-state index in [0.29, 0.717) is 6.04 Å². The summed E-state index contributed by atoms with van der Waals surface area (Å²) in [5.41, 5.74) is 3.67. The second-order valence-corrected chi connectivity index (χ2v) is 5.58. The van der Waals surface area contributed by atoms with E-state index in [9.17, 15) is 0 Å². The smallest absolute Gasteiger partial charge is 0.0678 e. The number of rotatable bonds is 4. The lowest BCUT2D eigenvalue weighted by atomic mass is 10.2. The van der Waals surface area contributed by atoms with Gasteiger partial charge in [-0.15, -0.1) is 0 Å². The molecule has 0 amide bonds. The summed E-state index contributed by atoms with van der Waals surface area (Å²) in [6.45, 7) is 5.28. The molecule has 1 unspecified atom stereocenters. The van der Waals surface area contributed by atoms with E-state index in [1.165, 1.54) is 23.4 Å². The Bertz CT molecular complexity index is 569. The molecular formula is C16H22N4. The van der Waals surface area contributed by atoms with E-state index in [2.05, 4.69) is 64.3 Å². The van der Waals surface area contributed by atoms with Crippen LogP contribution in [0.4, 0.5) is 0 Å². The number of hydrogen-bond acceptors (Lipinski definition) is 3. The average molecular weight is 270 g/mol. The summed E-state index contributed by atoms with van der Waals surface area (Å²) in [5, 5.41) is 7.93. The molecule has 0 bridgehead atoms. The van der Waals surface area contributed by atoms with Gasteiger partial charge in [0.05, 0.1) is 11.4 Å². The van der Waals surface area contributed by atoms with E-state index < -0.39 is 0 Å². The first kappa shape index (κ1) is 13.3. The van der Waals surface area contributed by atoms with E-state index in [-0.39, 0.29) is 0 Å². The van der Waals surface area contributed by atoms with Crippen molar-refractivity contribution in [3.63, 3.8) is 0 Å². The van der Waals surface area contributed by atoms with Gasteiger partial charge in [0, 0.05) is 25.3 Å². The summed E-state index contributed by atoms with van der Waals surface area (Å²) < 4.78 is 2.06. The third-order valence-corrected chi connectivity index (χ3v) is 4.13. The summed E-state index contributed by atoms with van der Waals surface area (Å²) in [4.78, 5) is 2.42. The molecule has 1 aliphatic heterocycles. The SMILES string of the molecule is Cc1ccccc1-n1nccc1CN(C)C1CCNC1. The quantitative estimate of drug-likeness (QED) is 0.922. The number of benzene rings is 1. The van der Waals surface area contributed by atoms with Crippen molar-refractivity contribution in [1.29, 1.82) is 0 Å². The summed E-state index contributed by atoms with van der Waals surface area (Å²) >= 11 is 0. The molecule has 2 heterocycles. The lowest BCUT2D eigenvalue weighted by molar-refractivity contribution is 0.244. The predicted octanol–water partition coefficient (Wildman–Crippen LogP) is 1.97. The van der Waals surface area contributed by atoms with Gasteiger partial charge in [-0.2, -0.15) is 5.10 Å². The first-order valence-corrected chi connectivity index (χ1v) is 7.25. The Morgan fingerprint density at radius 1 is 1.35 bits per heavy atom. The lowest BCUT2D eigenvalue weighted by Gasteiger charge is -2.23. The number of nitrogens with zero attached hydrogens (tertiary/aromatic N) is 3. The maximum absolute atomic E-state index is 4.50. The fourth-order valence-electron chi connectivity index (χ4n) is 2.87. The summed E-state index contributed by atoms with van der Waals surface area (Å²) in [5.74, 6) is 0. The first-order valence-electron chi connectivity index (χ1n) is 7.25. The van der Waals surface area contributed by atoms with Crippen LogP contribution in [0.5, 0.6) is 0 Å². The Balaban J connectivity index is 1.81. The minimum atomic E-state index is 0.634. The first-order chi connectivity index (χ1) is 9.75. The van der Waals surface area contributed by atoms with Crippen LogP contribution in [0.25, 0.3) is 5.69 Å². The Kier molecular flexibility index (Phi) is 3.85. The number of likely N-dealkylation sites (N-methyl/N-ethyl adjacent to an activating group) is 1. The second kappa shape index (κ2) is 5.77. The largest absolute Gasteiger partial charge is 0.315 e. The minimum Gasteiger partial charge on any atom is -0.315 e. The van der Waals surface area contributed by atoms with Gasteiger partial charge in [0.15, 0.2) is 0 Å². The van der Waals surface area contributed by atoms with Gasteiger partial charge in [-0.3, -0.25) is 4.90 Å². The van der Waals surface area contributed by atoms with Gasteiger partial charge in [-0.1, -0.05) is 18.2 Å². The van der Waals surface area contributed by atoms with Gasteiger partial charge in [-0.25, -0.2) is 4.68 Å². The van der Waals surface area contributed by atoms with Crippen molar-refractivity contribution in [3.8, 4) is 5.69 Å². The van der Waals surface area contributed by atoms with Crippen molar-refractivity contribution >= 4 is 0 Å². The minimum absolute atomic E-state index is 0.634. The highest BCUT2D eigenvalue weighted by Crippen LogP contribution is 2.17. The van der Waals surface area contributed by atoms with Gasteiger partial charge >= 0.3 is 0 Å². The number of aryl methyl sites for hydroxylation is 1. The van der Waals surface area contributed by atoms with Crippen LogP contribution in [0.1, 0.15) is 17.7 Å². The molecule has 1 saturated heterocycles. The van der Waals surface area contributed by atoms with E-state index in [1.807, 2.05) is 6.20 Å². The highest BCUT2D eigenvalue weighted by molar-refractivity contribution is 5.40. The molecule has 3 rings (SSSR count). The Morgan fingerprint density at radius 3 is 2.95 bits per heavy atom. The van der Waals surface area contributed by atoms with Gasteiger partial charge < -0.3 is 5.32 Å². The zero-order valence-electron chi connectivity index (χ0n) is 12.2. The Morgan fingerprint density at radius 2 is 2.20 bits per heavy atom. The topological polar surface area (TPSA) is 33.1 Å². The fraction of sp³-hybridized carbons (Fsp3) is 0.438. The van der Waals surface area contributed by atoms with Crippen molar-refractivity contribution in [3.05, 3.63) is 47.8 Å². The maximum atomic E-state index is 4.50. The molecule has 0 aliphatic carbocycles. The van der Waals surface area contributed by atoms with Crippen molar-refractivity contribution < 1.29 is 0 Å². The highest BCUT2D eigenvalue weighted by Gasteiger charge is 2.20. The summed E-state index contributed by atoms with van der Waals surface area (Å²) in [6.07, 6.45) is 3.12. The normalized spacial score (nSPS) is 18.9. The van der Waals surface area contributed by atoms with Crippen LogP contribution in [-0.2, 0) is 6.54 Å². The van der Waals surface area contributed by atoms with E-state index in [4.69, 9.17) is 0 Å². The summed E-state index contributed by atoms with van der Waals surface area (Å²) in [6, 6.07) is 11.1. The van der Waals surface area contributed by atoms with Crippen LogP contribution in [0, 0.1) is 6.92 Å². The molecule has 0 spiro atoms. The zero-order valence-corrected chi connectivity index (χ0v) is 12.2. The number of aromatic nitrogens is 2. The zero-order chi connectivity index (χ0) is 13.9. The highest BCUT2D eigenvalue weighted by atomic mass is 15.3. The molecule has 1 atom stereocenters. The van der Waals surface area contributed by atoms with Crippen LogP contribution in [0.2, 0.25) is 0 Å². The Labute approximate surface area is 120 Å². The molecule has 1 aromatic heterocycles. The average Bonchev–Trinajstić information content (AvgIpc) is 3.10. The number of hydrogen-bond donors (Lipinski definition) is 1. The van der Waals surface area contributed by atoms with Gasteiger partial charge in [0.1, 0.15) is 0 Å². The second-order valence-electron chi connectivity index (χ2n) is 5.58. The third kappa shape index (κ3) is 2.62. The Hall–Kier alpha value is -1.65. The molecule has 1 aliphatic rings. The molecule has 1 N–H and O–H groups in total. The maximum Gasteiger partial charge on any atom is 0.0678 e. The number of para-hydroxylation sites is 1. The standard InChI is InChI=1S/C16H22N4/c1-13-5-3-4-6-16(13)20-15(8-10-18-20)12-19(2)14-7-9-17-11-14/h3-6,8,10,14,17H,7,9,11-12H2,1-2H3.